The fourth-order valence-corrected chi connectivity index (χ4v) is 4.28. The van der Waals surface area contributed by atoms with Gasteiger partial charge in [0.2, 0.25) is 11.8 Å². The van der Waals surface area contributed by atoms with Crippen molar-refractivity contribution in [1.29, 1.82) is 0 Å². The number of aryl methyl sites for hydroxylation is 2. The van der Waals surface area contributed by atoms with Crippen LogP contribution < -0.4 is 10.2 Å². The molecular weight excluding hydrogens is 400 g/mol. The number of benzene rings is 2. The summed E-state index contributed by atoms with van der Waals surface area (Å²) in [6.45, 7) is 7.12. The number of piperidine rings is 1. The van der Waals surface area contributed by atoms with E-state index in [2.05, 4.69) is 34.5 Å². The molecule has 6 nitrogen and oxygen atoms in total. The fraction of sp³-hybridized carbons (Fsp3) is 0.462. The third-order valence-corrected chi connectivity index (χ3v) is 6.09. The maximum Gasteiger partial charge on any atom is 0.243 e. The normalized spacial score (nSPS) is 13.8. The molecule has 1 aliphatic rings. The number of carbonyl (C=O) groups excluding carboxylic acids is 2. The third-order valence-electron chi connectivity index (χ3n) is 6.09. The quantitative estimate of drug-likeness (QED) is 0.684. The first-order valence-electron chi connectivity index (χ1n) is 11.5. The first-order chi connectivity index (χ1) is 15.3. The molecule has 1 fully saturated rings. The molecule has 2 amide bonds. The Hall–Kier alpha value is -2.86. The highest BCUT2D eigenvalue weighted by Crippen LogP contribution is 2.25. The zero-order valence-corrected chi connectivity index (χ0v) is 19.9. The fourth-order valence-electron chi connectivity index (χ4n) is 4.28. The second kappa shape index (κ2) is 11.1. The summed E-state index contributed by atoms with van der Waals surface area (Å²) in [5.74, 6) is -0.254. The van der Waals surface area contributed by atoms with Crippen molar-refractivity contribution in [3.05, 3.63) is 59.2 Å². The molecule has 3 rings (SSSR count). The van der Waals surface area contributed by atoms with Crippen LogP contribution in [-0.4, -0.2) is 61.9 Å². The van der Waals surface area contributed by atoms with Crippen molar-refractivity contribution in [3.63, 3.8) is 0 Å². The van der Waals surface area contributed by atoms with Crippen LogP contribution in [0.4, 0.5) is 11.4 Å². The van der Waals surface area contributed by atoms with E-state index in [0.29, 0.717) is 6.54 Å². The van der Waals surface area contributed by atoms with E-state index in [-0.39, 0.29) is 24.9 Å². The smallest absolute Gasteiger partial charge is 0.243 e. The van der Waals surface area contributed by atoms with Gasteiger partial charge in [0.1, 0.15) is 0 Å². The number of para-hydroxylation sites is 2. The molecular formula is C26H36N4O2. The second-order valence-electron chi connectivity index (χ2n) is 8.91. The summed E-state index contributed by atoms with van der Waals surface area (Å²) in [4.78, 5) is 31.2. The molecule has 1 N–H and O–H groups in total. The van der Waals surface area contributed by atoms with Gasteiger partial charge in [-0.05, 0) is 62.9 Å². The van der Waals surface area contributed by atoms with Crippen molar-refractivity contribution in [2.45, 2.75) is 39.7 Å². The molecule has 1 heterocycles. The summed E-state index contributed by atoms with van der Waals surface area (Å²) in [7, 11) is 3.64. The lowest BCUT2D eigenvalue weighted by Crippen LogP contribution is -2.40. The van der Waals surface area contributed by atoms with Crippen LogP contribution in [0.15, 0.2) is 42.5 Å². The topological polar surface area (TPSA) is 55.9 Å². The highest BCUT2D eigenvalue weighted by atomic mass is 16.2. The first-order valence-corrected chi connectivity index (χ1v) is 11.5. The van der Waals surface area contributed by atoms with E-state index in [0.717, 1.165) is 29.9 Å². The third kappa shape index (κ3) is 6.33. The lowest BCUT2D eigenvalue weighted by Gasteiger charge is -2.31. The molecule has 1 aliphatic heterocycles. The number of hydrogen-bond acceptors (Lipinski definition) is 4. The Morgan fingerprint density at radius 3 is 2.25 bits per heavy atom. The zero-order valence-electron chi connectivity index (χ0n) is 19.9. The largest absolute Gasteiger partial charge is 0.371 e. The minimum atomic E-state index is -0.184. The summed E-state index contributed by atoms with van der Waals surface area (Å²) < 4.78 is 0. The Bertz CT molecular complexity index is 917. The number of anilines is 2. The number of nitrogens with one attached hydrogen (secondary N) is 1. The van der Waals surface area contributed by atoms with E-state index in [9.17, 15) is 9.59 Å². The average molecular weight is 437 g/mol. The molecule has 0 aliphatic carbocycles. The van der Waals surface area contributed by atoms with E-state index in [1.165, 1.54) is 35.4 Å². The molecule has 172 valence electrons. The molecule has 0 atom stereocenters. The number of likely N-dealkylation sites (N-methyl/N-ethyl adjacent to an activating group) is 2. The predicted molar refractivity (Wildman–Crippen MR) is 131 cm³/mol. The number of carbonyl (C=O) groups is 2. The van der Waals surface area contributed by atoms with E-state index < -0.39 is 0 Å². The SMILES string of the molecule is Cc1cccc(C)c1NC(=O)CN(C)C(=O)CN(C)Cc1ccccc1N1CCCCC1. The van der Waals surface area contributed by atoms with Crippen LogP contribution in [0.2, 0.25) is 0 Å². The van der Waals surface area contributed by atoms with Crippen LogP contribution in [0.5, 0.6) is 0 Å². The Kier molecular flexibility index (Phi) is 8.28. The van der Waals surface area contributed by atoms with Gasteiger partial charge >= 0.3 is 0 Å². The van der Waals surface area contributed by atoms with Crippen molar-refractivity contribution < 1.29 is 9.59 Å². The van der Waals surface area contributed by atoms with Crippen LogP contribution in [0.25, 0.3) is 0 Å². The Morgan fingerprint density at radius 1 is 0.906 bits per heavy atom. The van der Waals surface area contributed by atoms with E-state index in [1.807, 2.05) is 44.0 Å². The van der Waals surface area contributed by atoms with Crippen LogP contribution in [0.1, 0.15) is 36.0 Å². The summed E-state index contributed by atoms with van der Waals surface area (Å²) in [5.41, 5.74) is 5.36. The van der Waals surface area contributed by atoms with Crippen LogP contribution in [0.3, 0.4) is 0 Å². The van der Waals surface area contributed by atoms with E-state index in [4.69, 9.17) is 0 Å². The van der Waals surface area contributed by atoms with Gasteiger partial charge in [-0.1, -0.05) is 36.4 Å². The summed E-state index contributed by atoms with van der Waals surface area (Å²) in [5, 5.41) is 2.95. The molecule has 0 radical (unpaired) electrons. The van der Waals surface area contributed by atoms with E-state index >= 15 is 0 Å². The molecule has 0 saturated carbocycles. The molecule has 0 bridgehead atoms. The van der Waals surface area contributed by atoms with E-state index in [1.54, 1.807) is 7.05 Å². The van der Waals surface area contributed by atoms with Gasteiger partial charge in [-0.2, -0.15) is 0 Å². The zero-order chi connectivity index (χ0) is 23.1. The van der Waals surface area contributed by atoms with Gasteiger partial charge in [0.25, 0.3) is 0 Å². The van der Waals surface area contributed by atoms with Gasteiger partial charge in [0.05, 0.1) is 13.1 Å². The van der Waals surface area contributed by atoms with Gasteiger partial charge in [0, 0.05) is 38.1 Å². The van der Waals surface area contributed by atoms with Crippen molar-refractivity contribution >= 4 is 23.2 Å². The van der Waals surface area contributed by atoms with Gasteiger partial charge < -0.3 is 15.1 Å². The molecule has 6 heteroatoms. The number of rotatable bonds is 8. The van der Waals surface area contributed by atoms with Crippen LogP contribution in [0, 0.1) is 13.8 Å². The molecule has 32 heavy (non-hydrogen) atoms. The van der Waals surface area contributed by atoms with Gasteiger partial charge in [-0.15, -0.1) is 0 Å². The molecule has 0 aromatic heterocycles. The predicted octanol–water partition coefficient (Wildman–Crippen LogP) is 3.82. The minimum absolute atomic E-state index is 0.0326. The maximum atomic E-state index is 12.7. The Balaban J connectivity index is 1.53. The molecule has 0 spiro atoms. The van der Waals surface area contributed by atoms with Crippen molar-refractivity contribution in [2.24, 2.45) is 0 Å². The molecule has 0 unspecified atom stereocenters. The number of hydrogen-bond donors (Lipinski definition) is 1. The average Bonchev–Trinajstić information content (AvgIpc) is 2.77. The first kappa shape index (κ1) is 23.8. The van der Waals surface area contributed by atoms with Gasteiger partial charge in [-0.25, -0.2) is 0 Å². The van der Waals surface area contributed by atoms with Crippen LogP contribution in [-0.2, 0) is 16.1 Å². The summed E-state index contributed by atoms with van der Waals surface area (Å²) in [6.07, 6.45) is 3.77. The lowest BCUT2D eigenvalue weighted by molar-refractivity contribution is -0.134. The highest BCUT2D eigenvalue weighted by Gasteiger charge is 2.18. The summed E-state index contributed by atoms with van der Waals surface area (Å²) in [6, 6.07) is 14.4. The highest BCUT2D eigenvalue weighted by molar-refractivity contribution is 5.95. The van der Waals surface area contributed by atoms with Gasteiger partial charge in [0.15, 0.2) is 0 Å². The van der Waals surface area contributed by atoms with Crippen molar-refractivity contribution in [3.8, 4) is 0 Å². The van der Waals surface area contributed by atoms with Gasteiger partial charge in [-0.3, -0.25) is 14.5 Å². The van der Waals surface area contributed by atoms with Crippen molar-refractivity contribution in [1.82, 2.24) is 9.80 Å². The summed E-state index contributed by atoms with van der Waals surface area (Å²) >= 11 is 0. The molecule has 2 aromatic rings. The lowest BCUT2D eigenvalue weighted by atomic mass is 10.1. The molecule has 1 saturated heterocycles. The molecule has 2 aromatic carbocycles. The Labute approximate surface area is 192 Å². The second-order valence-corrected chi connectivity index (χ2v) is 8.91. The number of nitrogens with zero attached hydrogens (tertiary/aromatic N) is 3. The Morgan fingerprint density at radius 2 is 1.56 bits per heavy atom. The van der Waals surface area contributed by atoms with Crippen LogP contribution >= 0.6 is 0 Å². The maximum absolute atomic E-state index is 12.7. The standard InChI is InChI=1S/C26H36N4O2/c1-20-11-10-12-21(2)26(20)27-24(31)18-29(4)25(32)19-28(3)17-22-13-6-7-14-23(22)30-15-8-5-9-16-30/h6-7,10-14H,5,8-9,15-19H2,1-4H3,(H,27,31). The minimum Gasteiger partial charge on any atom is -0.371 e. The monoisotopic (exact) mass is 436 g/mol. The van der Waals surface area contributed by atoms with Crippen molar-refractivity contribution in [2.75, 3.05) is 50.5 Å². The number of amides is 2.